The first kappa shape index (κ1) is 13.1. The smallest absolute Gasteiger partial charge is 0.127 e. The Hall–Kier alpha value is -1.39. The Labute approximate surface area is 108 Å². The Kier molecular flexibility index (Phi) is 3.99. The quantitative estimate of drug-likeness (QED) is 0.882. The van der Waals surface area contributed by atoms with Crippen molar-refractivity contribution in [2.45, 2.75) is 26.4 Å². The lowest BCUT2D eigenvalue weighted by Gasteiger charge is -2.17. The van der Waals surface area contributed by atoms with Gasteiger partial charge in [0.15, 0.2) is 0 Å². The number of fused-ring (bicyclic) bond motifs is 1. The van der Waals surface area contributed by atoms with Crippen molar-refractivity contribution in [2.75, 3.05) is 13.7 Å². The first-order chi connectivity index (χ1) is 8.65. The van der Waals surface area contributed by atoms with Gasteiger partial charge in [0.2, 0.25) is 0 Å². The Balaban J connectivity index is 2.49. The Morgan fingerprint density at radius 3 is 2.72 bits per heavy atom. The van der Waals surface area contributed by atoms with Crippen molar-refractivity contribution in [1.29, 1.82) is 0 Å². The van der Waals surface area contributed by atoms with Crippen molar-refractivity contribution in [3.8, 4) is 0 Å². The van der Waals surface area contributed by atoms with Crippen LogP contribution in [0.25, 0.3) is 11.0 Å². The molecule has 0 saturated heterocycles. The van der Waals surface area contributed by atoms with Crippen molar-refractivity contribution in [1.82, 2.24) is 9.55 Å². The minimum absolute atomic E-state index is 0.0470. The molecule has 0 saturated carbocycles. The molecule has 0 spiro atoms. The van der Waals surface area contributed by atoms with Gasteiger partial charge in [-0.3, -0.25) is 0 Å². The molecular weight excluding hydrogens is 226 g/mol. The number of methoxy groups -OCH3 is 1. The van der Waals surface area contributed by atoms with Crippen molar-refractivity contribution in [3.05, 3.63) is 30.1 Å². The van der Waals surface area contributed by atoms with E-state index >= 15 is 0 Å². The number of aromatic nitrogens is 2. The topological polar surface area (TPSA) is 53.1 Å². The highest BCUT2D eigenvalue weighted by molar-refractivity contribution is 5.76. The number of ether oxygens (including phenoxy) is 1. The van der Waals surface area contributed by atoms with Gasteiger partial charge >= 0.3 is 0 Å². The third-order valence-electron chi connectivity index (χ3n) is 3.22. The molecule has 0 fully saturated rings. The molecule has 2 rings (SSSR count). The SMILES string of the molecule is COCCn1c(C(N)C(C)C)nc2ccccc21. The van der Waals surface area contributed by atoms with Gasteiger partial charge < -0.3 is 15.0 Å². The highest BCUT2D eigenvalue weighted by Crippen LogP contribution is 2.23. The zero-order valence-electron chi connectivity index (χ0n) is 11.3. The Morgan fingerprint density at radius 2 is 2.06 bits per heavy atom. The van der Waals surface area contributed by atoms with Gasteiger partial charge in [-0.15, -0.1) is 0 Å². The minimum atomic E-state index is -0.0470. The van der Waals surface area contributed by atoms with E-state index in [9.17, 15) is 0 Å². The number of benzene rings is 1. The number of nitrogens with two attached hydrogens (primary N) is 1. The van der Waals surface area contributed by atoms with E-state index in [0.29, 0.717) is 12.5 Å². The molecule has 0 aliphatic heterocycles. The molecule has 1 aromatic carbocycles. The normalized spacial score (nSPS) is 13.4. The average Bonchev–Trinajstić information content (AvgIpc) is 2.73. The monoisotopic (exact) mass is 247 g/mol. The van der Waals surface area contributed by atoms with E-state index in [4.69, 9.17) is 10.5 Å². The lowest BCUT2D eigenvalue weighted by molar-refractivity contribution is 0.186. The van der Waals surface area contributed by atoms with Gasteiger partial charge in [-0.05, 0) is 18.1 Å². The van der Waals surface area contributed by atoms with Crippen LogP contribution in [0.2, 0.25) is 0 Å². The Bertz CT molecular complexity index is 519. The van der Waals surface area contributed by atoms with Crippen LogP contribution in [0.4, 0.5) is 0 Å². The first-order valence-corrected chi connectivity index (χ1v) is 6.34. The fourth-order valence-corrected chi connectivity index (χ4v) is 2.06. The van der Waals surface area contributed by atoms with E-state index in [2.05, 4.69) is 29.5 Å². The van der Waals surface area contributed by atoms with E-state index in [1.165, 1.54) is 0 Å². The van der Waals surface area contributed by atoms with Crippen LogP contribution in [0.5, 0.6) is 0 Å². The third-order valence-corrected chi connectivity index (χ3v) is 3.22. The van der Waals surface area contributed by atoms with Gasteiger partial charge in [0.25, 0.3) is 0 Å². The average molecular weight is 247 g/mol. The summed E-state index contributed by atoms with van der Waals surface area (Å²) >= 11 is 0. The van der Waals surface area contributed by atoms with Crippen LogP contribution in [-0.2, 0) is 11.3 Å². The Morgan fingerprint density at radius 1 is 1.33 bits per heavy atom. The maximum absolute atomic E-state index is 6.25. The molecule has 2 aromatic rings. The first-order valence-electron chi connectivity index (χ1n) is 6.34. The molecule has 98 valence electrons. The van der Waals surface area contributed by atoms with Gasteiger partial charge in [-0.25, -0.2) is 4.98 Å². The molecule has 1 aromatic heterocycles. The van der Waals surface area contributed by atoms with Crippen molar-refractivity contribution in [2.24, 2.45) is 11.7 Å². The summed E-state index contributed by atoms with van der Waals surface area (Å²) in [5.41, 5.74) is 8.38. The van der Waals surface area contributed by atoms with Crippen LogP contribution in [0.1, 0.15) is 25.7 Å². The zero-order valence-corrected chi connectivity index (χ0v) is 11.3. The number of rotatable bonds is 5. The summed E-state index contributed by atoms with van der Waals surface area (Å²) in [5.74, 6) is 1.31. The van der Waals surface area contributed by atoms with Crippen molar-refractivity contribution >= 4 is 11.0 Å². The number of nitrogens with zero attached hydrogens (tertiary/aromatic N) is 2. The van der Waals surface area contributed by atoms with Crippen LogP contribution < -0.4 is 5.73 Å². The van der Waals surface area contributed by atoms with Gasteiger partial charge in [0.05, 0.1) is 23.7 Å². The van der Waals surface area contributed by atoms with Crippen LogP contribution >= 0.6 is 0 Å². The summed E-state index contributed by atoms with van der Waals surface area (Å²) in [6.07, 6.45) is 0. The summed E-state index contributed by atoms with van der Waals surface area (Å²) < 4.78 is 7.34. The highest BCUT2D eigenvalue weighted by atomic mass is 16.5. The van der Waals surface area contributed by atoms with E-state index < -0.39 is 0 Å². The summed E-state index contributed by atoms with van der Waals surface area (Å²) in [4.78, 5) is 4.67. The van der Waals surface area contributed by atoms with E-state index in [-0.39, 0.29) is 6.04 Å². The molecule has 0 aliphatic carbocycles. The molecule has 2 N–H and O–H groups in total. The molecule has 1 unspecified atom stereocenters. The van der Waals surface area contributed by atoms with Crippen molar-refractivity contribution in [3.63, 3.8) is 0 Å². The largest absolute Gasteiger partial charge is 0.383 e. The molecular formula is C14H21N3O. The third kappa shape index (κ3) is 2.40. The molecule has 18 heavy (non-hydrogen) atoms. The van der Waals surface area contributed by atoms with Gasteiger partial charge in [-0.1, -0.05) is 26.0 Å². The maximum atomic E-state index is 6.25. The summed E-state index contributed by atoms with van der Waals surface area (Å²) in [5, 5.41) is 0. The second-order valence-corrected chi connectivity index (χ2v) is 4.87. The lowest BCUT2D eigenvalue weighted by atomic mass is 10.1. The fraction of sp³-hybridized carbons (Fsp3) is 0.500. The number of hydrogen-bond donors (Lipinski definition) is 1. The number of para-hydroxylation sites is 2. The number of hydrogen-bond acceptors (Lipinski definition) is 3. The van der Waals surface area contributed by atoms with Gasteiger partial charge in [0, 0.05) is 13.7 Å². The second-order valence-electron chi connectivity index (χ2n) is 4.87. The summed E-state index contributed by atoms with van der Waals surface area (Å²) in [6, 6.07) is 8.08. The predicted octanol–water partition coefficient (Wildman–Crippen LogP) is 2.34. The fourth-order valence-electron chi connectivity index (χ4n) is 2.06. The van der Waals surface area contributed by atoms with Crippen LogP contribution in [0.3, 0.4) is 0 Å². The molecule has 4 heteroatoms. The molecule has 4 nitrogen and oxygen atoms in total. The minimum Gasteiger partial charge on any atom is -0.383 e. The summed E-state index contributed by atoms with van der Waals surface area (Å²) in [6.45, 7) is 5.68. The van der Waals surface area contributed by atoms with E-state index in [1.54, 1.807) is 7.11 Å². The predicted molar refractivity (Wildman–Crippen MR) is 73.4 cm³/mol. The van der Waals surface area contributed by atoms with Crippen molar-refractivity contribution < 1.29 is 4.74 Å². The molecule has 1 atom stereocenters. The second kappa shape index (κ2) is 5.50. The maximum Gasteiger partial charge on any atom is 0.127 e. The van der Waals surface area contributed by atoms with E-state index in [0.717, 1.165) is 23.4 Å². The summed E-state index contributed by atoms with van der Waals surface area (Å²) in [7, 11) is 1.71. The van der Waals surface area contributed by atoms with Crippen LogP contribution in [0.15, 0.2) is 24.3 Å². The molecule has 0 aliphatic rings. The molecule has 0 amide bonds. The number of imidazole rings is 1. The zero-order chi connectivity index (χ0) is 13.1. The standard InChI is InChI=1S/C14H21N3O/c1-10(2)13(15)14-16-11-6-4-5-7-12(11)17(14)8-9-18-3/h4-7,10,13H,8-9,15H2,1-3H3. The lowest BCUT2D eigenvalue weighted by Crippen LogP contribution is -2.22. The van der Waals surface area contributed by atoms with Gasteiger partial charge in [-0.2, -0.15) is 0 Å². The molecule has 0 radical (unpaired) electrons. The van der Waals surface area contributed by atoms with Crippen LogP contribution in [0, 0.1) is 5.92 Å². The highest BCUT2D eigenvalue weighted by Gasteiger charge is 2.19. The van der Waals surface area contributed by atoms with Crippen LogP contribution in [-0.4, -0.2) is 23.3 Å². The molecule has 0 bridgehead atoms. The van der Waals surface area contributed by atoms with Gasteiger partial charge in [0.1, 0.15) is 5.82 Å². The molecule has 1 heterocycles. The van der Waals surface area contributed by atoms with E-state index in [1.807, 2.05) is 18.2 Å².